The summed E-state index contributed by atoms with van der Waals surface area (Å²) in [6, 6.07) is 16.2. The first-order chi connectivity index (χ1) is 16.2. The van der Waals surface area contributed by atoms with Crippen LogP contribution < -0.4 is 0 Å². The minimum Gasteiger partial charge on any atom is -0.339 e. The molecule has 3 aromatic carbocycles. The standard InChI is InChI=1S/C28H29F3O3/c1-3-4-5-14-27(2)17-33-28(32,34-18-27)23-12-10-20(11-13-23)19-6-8-21(9-7-19)22-15-24(29)26(31)25(30)16-22/h6-13,15-16,32H,3-5,14,17-18H2,1-2H3. The zero-order chi connectivity index (χ0) is 24.3. The Hall–Kier alpha value is -2.67. The van der Waals surface area contributed by atoms with Gasteiger partial charge in [0.2, 0.25) is 0 Å². The van der Waals surface area contributed by atoms with Gasteiger partial charge in [-0.3, -0.25) is 0 Å². The van der Waals surface area contributed by atoms with E-state index in [1.807, 2.05) is 24.3 Å². The largest absolute Gasteiger partial charge is 0.339 e. The van der Waals surface area contributed by atoms with E-state index >= 15 is 0 Å². The minimum atomic E-state index is -1.77. The van der Waals surface area contributed by atoms with Crippen molar-refractivity contribution in [2.75, 3.05) is 13.2 Å². The molecule has 6 heteroatoms. The van der Waals surface area contributed by atoms with Crippen LogP contribution in [0.3, 0.4) is 0 Å². The second kappa shape index (κ2) is 9.90. The van der Waals surface area contributed by atoms with E-state index < -0.39 is 23.4 Å². The van der Waals surface area contributed by atoms with E-state index in [4.69, 9.17) is 9.47 Å². The first-order valence-electron chi connectivity index (χ1n) is 11.6. The third kappa shape index (κ3) is 5.19. The zero-order valence-corrected chi connectivity index (χ0v) is 19.4. The van der Waals surface area contributed by atoms with E-state index in [9.17, 15) is 18.3 Å². The van der Waals surface area contributed by atoms with Crippen molar-refractivity contribution >= 4 is 0 Å². The molecular formula is C28H29F3O3. The maximum absolute atomic E-state index is 13.5. The van der Waals surface area contributed by atoms with Gasteiger partial charge in [0.25, 0.3) is 0 Å². The highest BCUT2D eigenvalue weighted by atomic mass is 19.2. The highest BCUT2D eigenvalue weighted by Crippen LogP contribution is 2.38. The van der Waals surface area contributed by atoms with Crippen LogP contribution in [0.2, 0.25) is 0 Å². The summed E-state index contributed by atoms with van der Waals surface area (Å²) in [5.41, 5.74) is 2.99. The van der Waals surface area contributed by atoms with Crippen molar-refractivity contribution in [3.8, 4) is 22.3 Å². The van der Waals surface area contributed by atoms with Crippen LogP contribution in [0.4, 0.5) is 13.2 Å². The molecule has 1 saturated heterocycles. The van der Waals surface area contributed by atoms with Crippen molar-refractivity contribution < 1.29 is 27.8 Å². The van der Waals surface area contributed by atoms with Crippen LogP contribution in [0.1, 0.15) is 45.1 Å². The number of benzene rings is 3. The fourth-order valence-corrected chi connectivity index (χ4v) is 4.19. The number of unbranched alkanes of at least 4 members (excludes halogenated alkanes) is 2. The predicted octanol–water partition coefficient (Wildman–Crippen LogP) is 7.17. The van der Waals surface area contributed by atoms with Crippen LogP contribution in [0.15, 0.2) is 60.7 Å². The molecule has 0 radical (unpaired) electrons. The predicted molar refractivity (Wildman–Crippen MR) is 125 cm³/mol. The monoisotopic (exact) mass is 470 g/mol. The van der Waals surface area contributed by atoms with Gasteiger partial charge in [-0.25, -0.2) is 13.2 Å². The Morgan fingerprint density at radius 2 is 1.24 bits per heavy atom. The van der Waals surface area contributed by atoms with E-state index in [1.165, 1.54) is 6.42 Å². The maximum Gasteiger partial charge on any atom is 0.309 e. The molecular weight excluding hydrogens is 441 g/mol. The fourth-order valence-electron chi connectivity index (χ4n) is 4.19. The first kappa shape index (κ1) is 24.5. The average molecular weight is 471 g/mol. The molecule has 0 aliphatic carbocycles. The summed E-state index contributed by atoms with van der Waals surface area (Å²) in [6.07, 6.45) is 4.42. The first-order valence-corrected chi connectivity index (χ1v) is 11.6. The Balaban J connectivity index is 1.45. The topological polar surface area (TPSA) is 38.7 Å². The highest BCUT2D eigenvalue weighted by Gasteiger charge is 2.42. The van der Waals surface area contributed by atoms with Crippen molar-refractivity contribution in [3.63, 3.8) is 0 Å². The molecule has 1 heterocycles. The molecule has 3 nitrogen and oxygen atoms in total. The molecule has 0 amide bonds. The second-order valence-corrected chi connectivity index (χ2v) is 9.34. The van der Waals surface area contributed by atoms with Gasteiger partial charge in [-0.2, -0.15) is 0 Å². The van der Waals surface area contributed by atoms with E-state index in [1.54, 1.807) is 24.3 Å². The molecule has 0 bridgehead atoms. The normalized spacial score (nSPS) is 22.6. The molecule has 0 atom stereocenters. The van der Waals surface area contributed by atoms with Crippen molar-refractivity contribution in [3.05, 3.63) is 83.7 Å². The highest BCUT2D eigenvalue weighted by molar-refractivity contribution is 5.70. The molecule has 180 valence electrons. The van der Waals surface area contributed by atoms with Gasteiger partial charge in [-0.05, 0) is 40.8 Å². The number of rotatable bonds is 7. The summed E-state index contributed by atoms with van der Waals surface area (Å²) in [6.45, 7) is 5.12. The van der Waals surface area contributed by atoms with Crippen molar-refractivity contribution in [2.45, 2.75) is 45.5 Å². The molecule has 3 aromatic rings. The number of halogens is 3. The van der Waals surface area contributed by atoms with E-state index in [2.05, 4.69) is 13.8 Å². The Labute approximate surface area is 198 Å². The molecule has 34 heavy (non-hydrogen) atoms. The zero-order valence-electron chi connectivity index (χ0n) is 19.4. The summed E-state index contributed by atoms with van der Waals surface area (Å²) in [5, 5.41) is 10.9. The third-order valence-corrected chi connectivity index (χ3v) is 6.40. The van der Waals surface area contributed by atoms with E-state index in [-0.39, 0.29) is 11.0 Å². The van der Waals surface area contributed by atoms with Gasteiger partial charge < -0.3 is 14.6 Å². The van der Waals surface area contributed by atoms with Gasteiger partial charge in [0.15, 0.2) is 17.5 Å². The third-order valence-electron chi connectivity index (χ3n) is 6.40. The van der Waals surface area contributed by atoms with Gasteiger partial charge in [0.05, 0.1) is 13.2 Å². The number of hydrogen-bond donors (Lipinski definition) is 1. The van der Waals surface area contributed by atoms with Gasteiger partial charge in [0.1, 0.15) is 0 Å². The van der Waals surface area contributed by atoms with Gasteiger partial charge in [-0.15, -0.1) is 0 Å². The summed E-state index contributed by atoms with van der Waals surface area (Å²) in [5.74, 6) is -5.69. The molecule has 1 N–H and O–H groups in total. The van der Waals surface area contributed by atoms with E-state index in [0.29, 0.717) is 24.3 Å². The quantitative estimate of drug-likeness (QED) is 0.294. The van der Waals surface area contributed by atoms with Gasteiger partial charge in [0, 0.05) is 11.0 Å². The molecule has 1 aliphatic heterocycles. The lowest BCUT2D eigenvalue weighted by Gasteiger charge is -2.42. The number of hydrogen-bond acceptors (Lipinski definition) is 3. The molecule has 0 spiro atoms. The molecule has 1 aliphatic rings. The smallest absolute Gasteiger partial charge is 0.309 e. The minimum absolute atomic E-state index is 0.112. The van der Waals surface area contributed by atoms with Crippen LogP contribution in [0.25, 0.3) is 22.3 Å². The van der Waals surface area contributed by atoms with Crippen LogP contribution in [0.5, 0.6) is 0 Å². The van der Waals surface area contributed by atoms with Crippen molar-refractivity contribution in [2.24, 2.45) is 5.41 Å². The Morgan fingerprint density at radius 3 is 1.74 bits per heavy atom. The maximum atomic E-state index is 13.5. The van der Waals surface area contributed by atoms with Crippen molar-refractivity contribution in [1.29, 1.82) is 0 Å². The van der Waals surface area contributed by atoms with Crippen molar-refractivity contribution in [1.82, 2.24) is 0 Å². The van der Waals surface area contributed by atoms with Crippen LogP contribution in [-0.2, 0) is 15.4 Å². The second-order valence-electron chi connectivity index (χ2n) is 9.34. The number of ether oxygens (including phenoxy) is 2. The van der Waals surface area contributed by atoms with Crippen LogP contribution in [-0.4, -0.2) is 18.3 Å². The molecule has 1 fully saturated rings. The summed E-state index contributed by atoms with van der Waals surface area (Å²) >= 11 is 0. The Kier molecular flexibility index (Phi) is 7.12. The van der Waals surface area contributed by atoms with Gasteiger partial charge in [-0.1, -0.05) is 81.6 Å². The Bertz CT molecular complexity index is 1100. The lowest BCUT2D eigenvalue weighted by atomic mass is 9.85. The average Bonchev–Trinajstić information content (AvgIpc) is 2.85. The fraction of sp³-hybridized carbons (Fsp3) is 0.357. The lowest BCUT2D eigenvalue weighted by Crippen LogP contribution is -2.46. The van der Waals surface area contributed by atoms with E-state index in [0.717, 1.165) is 42.5 Å². The molecule has 0 unspecified atom stereocenters. The molecule has 0 saturated carbocycles. The Morgan fingerprint density at radius 1 is 0.765 bits per heavy atom. The summed E-state index contributed by atoms with van der Waals surface area (Å²) < 4.78 is 51.9. The molecule has 0 aromatic heterocycles. The SMILES string of the molecule is CCCCCC1(C)COC(O)(c2ccc(-c3ccc(-c4cc(F)c(F)c(F)c4)cc3)cc2)OC1. The van der Waals surface area contributed by atoms with Crippen LogP contribution >= 0.6 is 0 Å². The summed E-state index contributed by atoms with van der Waals surface area (Å²) in [4.78, 5) is 0. The number of aliphatic hydroxyl groups is 1. The molecule has 4 rings (SSSR count). The lowest BCUT2D eigenvalue weighted by molar-refractivity contribution is -0.414. The summed E-state index contributed by atoms with van der Waals surface area (Å²) in [7, 11) is 0. The van der Waals surface area contributed by atoms with Gasteiger partial charge >= 0.3 is 5.97 Å². The van der Waals surface area contributed by atoms with Crippen LogP contribution in [0, 0.1) is 22.9 Å².